The lowest BCUT2D eigenvalue weighted by Gasteiger charge is -2.03. The van der Waals surface area contributed by atoms with Crippen LogP contribution in [0.2, 0.25) is 10.0 Å². The third kappa shape index (κ3) is 4.58. The van der Waals surface area contributed by atoms with Crippen molar-refractivity contribution in [2.45, 2.75) is 13.3 Å². The number of hydrogen-bond acceptors (Lipinski definition) is 5. The molecule has 2 aromatic carbocycles. The molecule has 1 heterocycles. The second kappa shape index (κ2) is 9.19. The number of H-pyrrole nitrogens is 1. The molecule has 0 radical (unpaired) electrons. The van der Waals surface area contributed by atoms with Crippen molar-refractivity contribution in [3.63, 3.8) is 0 Å². The number of aliphatic imine (C=N–C) groups is 1. The maximum absolute atomic E-state index is 13.2. The molecule has 30 heavy (non-hydrogen) atoms. The van der Waals surface area contributed by atoms with Gasteiger partial charge < -0.3 is 9.47 Å². The number of aromatic amines is 1. The van der Waals surface area contributed by atoms with E-state index in [-0.39, 0.29) is 17.5 Å². The van der Waals surface area contributed by atoms with Crippen LogP contribution in [-0.2, 0) is 16.0 Å². The topological polar surface area (TPSA) is 85.7 Å². The van der Waals surface area contributed by atoms with Crippen LogP contribution in [0.15, 0.2) is 52.3 Å². The summed E-state index contributed by atoms with van der Waals surface area (Å²) in [6.07, 6.45) is -0.113. The summed E-state index contributed by atoms with van der Waals surface area (Å²) in [6, 6.07) is 11.8. The summed E-state index contributed by atoms with van der Waals surface area (Å²) in [5, 5.41) is 3.75. The van der Waals surface area contributed by atoms with Crippen LogP contribution in [0.5, 0.6) is 5.75 Å². The van der Waals surface area contributed by atoms with E-state index in [0.29, 0.717) is 38.6 Å². The van der Waals surface area contributed by atoms with Crippen molar-refractivity contribution in [1.82, 2.24) is 9.78 Å². The van der Waals surface area contributed by atoms with Crippen LogP contribution < -0.4 is 10.3 Å². The maximum atomic E-state index is 13.2. The summed E-state index contributed by atoms with van der Waals surface area (Å²) >= 11 is 12.0. The first-order valence-corrected chi connectivity index (χ1v) is 9.65. The van der Waals surface area contributed by atoms with Gasteiger partial charge in [-0.2, -0.15) is 0 Å². The fourth-order valence-corrected chi connectivity index (χ4v) is 3.21. The van der Waals surface area contributed by atoms with Crippen LogP contribution in [0, 0.1) is 0 Å². The number of esters is 1. The Kier molecular flexibility index (Phi) is 6.64. The lowest BCUT2D eigenvalue weighted by atomic mass is 10.1. The molecule has 0 aliphatic carbocycles. The number of aromatic nitrogens is 2. The number of ether oxygens (including phenoxy) is 2. The number of hydrogen-bond donors (Lipinski definition) is 1. The zero-order valence-corrected chi connectivity index (χ0v) is 18.0. The molecule has 3 rings (SSSR count). The summed E-state index contributed by atoms with van der Waals surface area (Å²) in [5.41, 5.74) is 1.86. The molecule has 0 fully saturated rings. The molecule has 0 amide bonds. The molecular weight excluding hydrogens is 429 g/mol. The zero-order valence-electron chi connectivity index (χ0n) is 16.5. The number of methoxy groups -OCH3 is 2. The molecule has 0 saturated carbocycles. The van der Waals surface area contributed by atoms with Gasteiger partial charge in [-0.25, -0.2) is 4.68 Å². The molecular formula is C21H19Cl2N3O4. The van der Waals surface area contributed by atoms with Gasteiger partial charge in [-0.05, 0) is 49.4 Å². The highest BCUT2D eigenvalue weighted by atomic mass is 35.5. The second-order valence-electron chi connectivity index (χ2n) is 6.35. The molecule has 0 aliphatic rings. The molecule has 0 atom stereocenters. The highest BCUT2D eigenvalue weighted by molar-refractivity contribution is 6.42. The van der Waals surface area contributed by atoms with E-state index in [1.54, 1.807) is 56.5 Å². The molecule has 156 valence electrons. The summed E-state index contributed by atoms with van der Waals surface area (Å²) < 4.78 is 11.3. The molecule has 0 aliphatic heterocycles. The highest BCUT2D eigenvalue weighted by Crippen LogP contribution is 2.27. The average Bonchev–Trinajstić information content (AvgIpc) is 3.06. The van der Waals surface area contributed by atoms with Gasteiger partial charge in [0.15, 0.2) is 0 Å². The monoisotopic (exact) mass is 447 g/mol. The van der Waals surface area contributed by atoms with Crippen molar-refractivity contribution in [3.8, 4) is 11.4 Å². The summed E-state index contributed by atoms with van der Waals surface area (Å²) in [6.45, 7) is 1.69. The third-order valence-electron chi connectivity index (χ3n) is 4.41. The predicted molar refractivity (Wildman–Crippen MR) is 117 cm³/mol. The van der Waals surface area contributed by atoms with E-state index in [2.05, 4.69) is 10.1 Å². The SMILES string of the molecule is COC(=O)Cc1[nH]n(-c2ccc(OC)cc2)c(=O)c1C(C)=Nc1ccc(Cl)c(Cl)c1. The fraction of sp³-hybridized carbons (Fsp3) is 0.190. The molecule has 0 unspecified atom stereocenters. The van der Waals surface area contributed by atoms with Gasteiger partial charge in [-0.1, -0.05) is 23.2 Å². The standard InChI is InChI=1S/C21H19Cl2N3O4/c1-12(24-13-4-9-16(22)17(23)10-13)20-18(11-19(27)30-3)25-26(21(20)28)14-5-7-15(29-2)8-6-14/h4-10,25H,11H2,1-3H3. The Hall–Kier alpha value is -3.03. The smallest absolute Gasteiger partial charge is 0.311 e. The Morgan fingerprint density at radius 1 is 1.10 bits per heavy atom. The van der Waals surface area contributed by atoms with E-state index in [9.17, 15) is 9.59 Å². The number of halogens is 2. The lowest BCUT2D eigenvalue weighted by Crippen LogP contribution is -2.20. The van der Waals surface area contributed by atoms with E-state index in [1.807, 2.05) is 0 Å². The molecule has 1 N–H and O–H groups in total. The first kappa shape index (κ1) is 21.7. The van der Waals surface area contributed by atoms with Crippen molar-refractivity contribution in [3.05, 3.63) is 74.1 Å². The van der Waals surface area contributed by atoms with Gasteiger partial charge in [-0.3, -0.25) is 19.7 Å². The number of carbonyl (C=O) groups excluding carboxylic acids is 1. The highest BCUT2D eigenvalue weighted by Gasteiger charge is 2.20. The first-order chi connectivity index (χ1) is 14.3. The summed E-state index contributed by atoms with van der Waals surface area (Å²) in [4.78, 5) is 29.6. The van der Waals surface area contributed by atoms with E-state index in [4.69, 9.17) is 32.7 Å². The number of benzene rings is 2. The van der Waals surface area contributed by atoms with Crippen LogP contribution in [0.25, 0.3) is 5.69 Å². The van der Waals surface area contributed by atoms with Crippen LogP contribution >= 0.6 is 23.2 Å². The van der Waals surface area contributed by atoms with Crippen LogP contribution in [0.4, 0.5) is 5.69 Å². The Balaban J connectivity index is 2.11. The van der Waals surface area contributed by atoms with Crippen molar-refractivity contribution in [2.75, 3.05) is 14.2 Å². The number of rotatable bonds is 6. The quantitative estimate of drug-likeness (QED) is 0.449. The average molecular weight is 448 g/mol. The third-order valence-corrected chi connectivity index (χ3v) is 5.15. The fourth-order valence-electron chi connectivity index (χ4n) is 2.92. The number of nitrogens with zero attached hydrogens (tertiary/aromatic N) is 2. The Bertz CT molecular complexity index is 1160. The minimum absolute atomic E-state index is 0.113. The van der Waals surface area contributed by atoms with E-state index in [1.165, 1.54) is 11.8 Å². The minimum Gasteiger partial charge on any atom is -0.497 e. The van der Waals surface area contributed by atoms with E-state index in [0.717, 1.165) is 0 Å². The van der Waals surface area contributed by atoms with Gasteiger partial charge in [0.2, 0.25) is 0 Å². The molecule has 0 bridgehead atoms. The molecule has 7 nitrogen and oxygen atoms in total. The van der Waals surface area contributed by atoms with Crippen molar-refractivity contribution in [1.29, 1.82) is 0 Å². The van der Waals surface area contributed by atoms with Crippen LogP contribution in [-0.4, -0.2) is 35.7 Å². The van der Waals surface area contributed by atoms with Crippen molar-refractivity contribution < 1.29 is 14.3 Å². The predicted octanol–water partition coefficient (Wildman–Crippen LogP) is 4.34. The zero-order chi connectivity index (χ0) is 21.8. The van der Waals surface area contributed by atoms with Gasteiger partial charge in [0.25, 0.3) is 5.56 Å². The Morgan fingerprint density at radius 3 is 2.40 bits per heavy atom. The van der Waals surface area contributed by atoms with Crippen LogP contribution in [0.1, 0.15) is 18.2 Å². The van der Waals surface area contributed by atoms with Gasteiger partial charge in [0.05, 0.1) is 59.0 Å². The van der Waals surface area contributed by atoms with Crippen molar-refractivity contribution in [2.24, 2.45) is 4.99 Å². The summed E-state index contributed by atoms with van der Waals surface area (Å²) in [5.74, 6) is 0.174. The van der Waals surface area contributed by atoms with E-state index < -0.39 is 5.97 Å². The normalized spacial score (nSPS) is 11.4. The van der Waals surface area contributed by atoms with E-state index >= 15 is 0 Å². The number of carbonyl (C=O) groups is 1. The Labute approximate surface area is 182 Å². The molecule has 3 aromatic rings. The van der Waals surface area contributed by atoms with Gasteiger partial charge in [-0.15, -0.1) is 0 Å². The van der Waals surface area contributed by atoms with Gasteiger partial charge >= 0.3 is 5.97 Å². The number of nitrogens with one attached hydrogen (secondary N) is 1. The maximum Gasteiger partial charge on any atom is 0.311 e. The first-order valence-electron chi connectivity index (χ1n) is 8.90. The van der Waals surface area contributed by atoms with Gasteiger partial charge in [0, 0.05) is 0 Å². The van der Waals surface area contributed by atoms with Crippen LogP contribution in [0.3, 0.4) is 0 Å². The minimum atomic E-state index is -0.485. The lowest BCUT2D eigenvalue weighted by molar-refractivity contribution is -0.139. The largest absolute Gasteiger partial charge is 0.497 e. The van der Waals surface area contributed by atoms with Gasteiger partial charge in [0.1, 0.15) is 5.75 Å². The van der Waals surface area contributed by atoms with Crippen molar-refractivity contribution >= 4 is 40.6 Å². The molecule has 9 heteroatoms. The molecule has 1 aromatic heterocycles. The second-order valence-corrected chi connectivity index (χ2v) is 7.17. The molecule has 0 spiro atoms. The molecule has 0 saturated heterocycles. The summed E-state index contributed by atoms with van der Waals surface area (Å²) in [7, 11) is 2.85. The Morgan fingerprint density at radius 2 is 1.80 bits per heavy atom.